The van der Waals surface area contributed by atoms with Gasteiger partial charge in [-0.25, -0.2) is 4.98 Å². The molecule has 0 saturated heterocycles. The Balaban J connectivity index is 1.75. The van der Waals surface area contributed by atoms with E-state index in [4.69, 9.17) is 0 Å². The summed E-state index contributed by atoms with van der Waals surface area (Å²) in [5, 5.41) is 3.35. The monoisotopic (exact) mass is 392 g/mol. The summed E-state index contributed by atoms with van der Waals surface area (Å²) in [5.74, 6) is 0.0441. The summed E-state index contributed by atoms with van der Waals surface area (Å²) in [4.78, 5) is 45.3. The third-order valence-electron chi connectivity index (χ3n) is 4.71. The molecule has 7 nitrogen and oxygen atoms in total. The molecule has 2 amide bonds. The highest BCUT2D eigenvalue weighted by Gasteiger charge is 2.20. The van der Waals surface area contributed by atoms with Gasteiger partial charge < -0.3 is 15.2 Å². The standard InChI is InChI=1S/C22H24N4O3/c1-14-8-10-16(11-9-14)19(23-15(2)27)12-21(28)26(3)13-20-24-18-7-5-4-6-17(18)22(29)25-20/h4-11,19H,12-13H2,1-3H3,(H,23,27)(H,24,25,29)/t19-/m0/s1. The summed E-state index contributed by atoms with van der Waals surface area (Å²) in [6, 6.07) is 14.3. The zero-order valence-corrected chi connectivity index (χ0v) is 16.7. The fraction of sp³-hybridized carbons (Fsp3) is 0.273. The molecule has 0 bridgehead atoms. The lowest BCUT2D eigenvalue weighted by molar-refractivity contribution is -0.131. The Morgan fingerprint density at radius 1 is 1.14 bits per heavy atom. The van der Waals surface area contributed by atoms with Crippen LogP contribution in [0.3, 0.4) is 0 Å². The lowest BCUT2D eigenvalue weighted by Crippen LogP contribution is -2.34. The Morgan fingerprint density at radius 3 is 2.52 bits per heavy atom. The van der Waals surface area contributed by atoms with Gasteiger partial charge in [0, 0.05) is 14.0 Å². The molecule has 1 aromatic heterocycles. The molecule has 2 aromatic carbocycles. The molecule has 0 radical (unpaired) electrons. The van der Waals surface area contributed by atoms with Crippen molar-refractivity contribution >= 4 is 22.7 Å². The van der Waals surface area contributed by atoms with Crippen LogP contribution >= 0.6 is 0 Å². The van der Waals surface area contributed by atoms with Gasteiger partial charge in [-0.05, 0) is 24.6 Å². The maximum Gasteiger partial charge on any atom is 0.258 e. The number of aromatic amines is 1. The zero-order valence-electron chi connectivity index (χ0n) is 16.7. The van der Waals surface area contributed by atoms with E-state index in [0.29, 0.717) is 16.7 Å². The number of nitrogens with one attached hydrogen (secondary N) is 2. The summed E-state index contributed by atoms with van der Waals surface area (Å²) >= 11 is 0. The molecule has 0 unspecified atom stereocenters. The molecule has 0 aliphatic rings. The number of H-pyrrole nitrogens is 1. The minimum absolute atomic E-state index is 0.108. The molecule has 3 aromatic rings. The van der Waals surface area contributed by atoms with Gasteiger partial charge in [0.05, 0.1) is 29.9 Å². The number of aromatic nitrogens is 2. The van der Waals surface area contributed by atoms with Gasteiger partial charge in [0.2, 0.25) is 11.8 Å². The number of hydrogen-bond acceptors (Lipinski definition) is 4. The van der Waals surface area contributed by atoms with E-state index < -0.39 is 6.04 Å². The van der Waals surface area contributed by atoms with Crippen molar-refractivity contribution in [3.63, 3.8) is 0 Å². The predicted octanol–water partition coefficient (Wildman–Crippen LogP) is 2.46. The van der Waals surface area contributed by atoms with Gasteiger partial charge in [-0.3, -0.25) is 14.4 Å². The van der Waals surface area contributed by atoms with Crippen molar-refractivity contribution in [2.45, 2.75) is 32.9 Å². The molecule has 0 aliphatic heterocycles. The second-order valence-corrected chi connectivity index (χ2v) is 7.15. The van der Waals surface area contributed by atoms with E-state index in [1.807, 2.05) is 37.3 Å². The van der Waals surface area contributed by atoms with Gasteiger partial charge in [-0.15, -0.1) is 0 Å². The first kappa shape index (κ1) is 20.3. The van der Waals surface area contributed by atoms with Gasteiger partial charge in [-0.1, -0.05) is 42.0 Å². The van der Waals surface area contributed by atoms with E-state index in [1.165, 1.54) is 11.8 Å². The van der Waals surface area contributed by atoms with Crippen molar-refractivity contribution in [3.05, 3.63) is 75.8 Å². The Hall–Kier alpha value is -3.48. The van der Waals surface area contributed by atoms with Gasteiger partial charge in [-0.2, -0.15) is 0 Å². The van der Waals surface area contributed by atoms with Crippen LogP contribution < -0.4 is 10.9 Å². The normalized spacial score (nSPS) is 11.8. The molecule has 1 atom stereocenters. The van der Waals surface area contributed by atoms with E-state index in [0.717, 1.165) is 11.1 Å². The molecular formula is C22H24N4O3. The van der Waals surface area contributed by atoms with Crippen LogP contribution in [0, 0.1) is 6.92 Å². The highest BCUT2D eigenvalue weighted by molar-refractivity contribution is 5.79. The fourth-order valence-corrected chi connectivity index (χ4v) is 3.15. The number of carbonyl (C=O) groups is 2. The third kappa shape index (κ3) is 5.07. The Labute approximate surface area is 168 Å². The Kier molecular flexibility index (Phi) is 6.07. The molecule has 7 heteroatoms. The van der Waals surface area contributed by atoms with E-state index in [1.54, 1.807) is 25.2 Å². The maximum atomic E-state index is 12.8. The molecule has 0 spiro atoms. The quantitative estimate of drug-likeness (QED) is 0.674. The first-order valence-electron chi connectivity index (χ1n) is 9.39. The predicted molar refractivity (Wildman–Crippen MR) is 111 cm³/mol. The zero-order chi connectivity index (χ0) is 21.0. The van der Waals surface area contributed by atoms with Crippen molar-refractivity contribution in [2.24, 2.45) is 0 Å². The number of aryl methyl sites for hydroxylation is 1. The van der Waals surface area contributed by atoms with Crippen LogP contribution in [-0.2, 0) is 16.1 Å². The smallest absolute Gasteiger partial charge is 0.258 e. The van der Waals surface area contributed by atoms with Gasteiger partial charge in [0.15, 0.2) is 0 Å². The summed E-state index contributed by atoms with van der Waals surface area (Å²) in [7, 11) is 1.65. The van der Waals surface area contributed by atoms with Crippen LogP contribution in [0.1, 0.15) is 36.3 Å². The van der Waals surface area contributed by atoms with Crippen LogP contribution in [0.4, 0.5) is 0 Å². The first-order chi connectivity index (χ1) is 13.8. The van der Waals surface area contributed by atoms with Crippen LogP contribution in [0.25, 0.3) is 10.9 Å². The van der Waals surface area contributed by atoms with Crippen LogP contribution in [-0.4, -0.2) is 33.7 Å². The van der Waals surface area contributed by atoms with Crippen LogP contribution in [0.15, 0.2) is 53.3 Å². The fourth-order valence-electron chi connectivity index (χ4n) is 3.15. The van der Waals surface area contributed by atoms with E-state index in [2.05, 4.69) is 15.3 Å². The number of amides is 2. The van der Waals surface area contributed by atoms with Crippen molar-refractivity contribution in [1.29, 1.82) is 0 Å². The average Bonchev–Trinajstić information content (AvgIpc) is 2.67. The molecule has 0 fully saturated rings. The van der Waals surface area contributed by atoms with Crippen molar-refractivity contribution < 1.29 is 9.59 Å². The second kappa shape index (κ2) is 8.68. The third-order valence-corrected chi connectivity index (χ3v) is 4.71. The van der Waals surface area contributed by atoms with Crippen molar-refractivity contribution in [1.82, 2.24) is 20.2 Å². The van der Waals surface area contributed by atoms with Gasteiger partial charge in [0.1, 0.15) is 5.82 Å². The summed E-state index contributed by atoms with van der Waals surface area (Å²) < 4.78 is 0. The molecule has 1 heterocycles. The average molecular weight is 392 g/mol. The second-order valence-electron chi connectivity index (χ2n) is 7.15. The highest BCUT2D eigenvalue weighted by Crippen LogP contribution is 2.19. The number of carbonyl (C=O) groups excluding carboxylic acids is 2. The van der Waals surface area contributed by atoms with Gasteiger partial charge >= 0.3 is 0 Å². The molecule has 2 N–H and O–H groups in total. The number of rotatable bonds is 6. The first-order valence-corrected chi connectivity index (χ1v) is 9.39. The number of benzene rings is 2. The topological polar surface area (TPSA) is 95.2 Å². The number of fused-ring (bicyclic) bond motifs is 1. The van der Waals surface area contributed by atoms with Crippen molar-refractivity contribution in [3.8, 4) is 0 Å². The van der Waals surface area contributed by atoms with Crippen LogP contribution in [0.2, 0.25) is 0 Å². The molecule has 150 valence electrons. The van der Waals surface area contributed by atoms with Crippen LogP contribution in [0.5, 0.6) is 0 Å². The van der Waals surface area contributed by atoms with Gasteiger partial charge in [0.25, 0.3) is 5.56 Å². The Morgan fingerprint density at radius 2 is 1.83 bits per heavy atom. The summed E-state index contributed by atoms with van der Waals surface area (Å²) in [6.45, 7) is 3.58. The largest absolute Gasteiger partial charge is 0.349 e. The lowest BCUT2D eigenvalue weighted by atomic mass is 10.0. The summed E-state index contributed by atoms with van der Waals surface area (Å²) in [5.41, 5.74) is 2.32. The van der Waals surface area contributed by atoms with E-state index in [9.17, 15) is 14.4 Å². The number of nitrogens with zero attached hydrogens (tertiary/aromatic N) is 2. The van der Waals surface area contributed by atoms with Crippen molar-refractivity contribution in [2.75, 3.05) is 7.05 Å². The number of para-hydroxylation sites is 1. The molecule has 29 heavy (non-hydrogen) atoms. The Bertz CT molecular complexity index is 1090. The molecule has 0 saturated carbocycles. The lowest BCUT2D eigenvalue weighted by Gasteiger charge is -2.22. The number of hydrogen-bond donors (Lipinski definition) is 2. The maximum absolute atomic E-state index is 12.8. The molecule has 3 rings (SSSR count). The minimum Gasteiger partial charge on any atom is -0.349 e. The van der Waals surface area contributed by atoms with E-state index >= 15 is 0 Å². The SMILES string of the molecule is CC(=O)N[C@@H](CC(=O)N(C)Cc1nc2ccccc2c(=O)[nH]1)c1ccc(C)cc1. The molecular weight excluding hydrogens is 368 g/mol. The van der Waals surface area contributed by atoms with E-state index in [-0.39, 0.29) is 30.3 Å². The molecule has 0 aliphatic carbocycles. The highest BCUT2D eigenvalue weighted by atomic mass is 16.2. The minimum atomic E-state index is -0.424. The summed E-state index contributed by atoms with van der Waals surface area (Å²) in [6.07, 6.45) is 0.108.